The number of ether oxygens (including phenoxy) is 1. The lowest BCUT2D eigenvalue weighted by molar-refractivity contribution is -0.149. The Morgan fingerprint density at radius 1 is 1.38 bits per heavy atom. The van der Waals surface area contributed by atoms with E-state index in [-0.39, 0.29) is 12.0 Å². The van der Waals surface area contributed by atoms with E-state index in [1.54, 1.807) is 13.8 Å². The lowest BCUT2D eigenvalue weighted by Gasteiger charge is -2.30. The molecule has 0 amide bonds. The highest BCUT2D eigenvalue weighted by Crippen LogP contribution is 2.25. The van der Waals surface area contributed by atoms with E-state index >= 15 is 0 Å². The molecule has 3 nitrogen and oxygen atoms in total. The van der Waals surface area contributed by atoms with E-state index in [0.29, 0.717) is 17.3 Å². The fraction of sp³-hybridized carbons (Fsp3) is 0.533. The Bertz CT molecular complexity index is 497. The van der Waals surface area contributed by atoms with Crippen molar-refractivity contribution in [2.75, 3.05) is 12.4 Å². The van der Waals surface area contributed by atoms with Crippen molar-refractivity contribution in [3.05, 3.63) is 29.8 Å². The van der Waals surface area contributed by atoms with Crippen LogP contribution < -0.4 is 5.32 Å². The van der Waals surface area contributed by atoms with Crippen molar-refractivity contribution in [2.45, 2.75) is 44.2 Å². The highest BCUT2D eigenvalue weighted by Gasteiger charge is 2.35. The average molecular weight is 317 g/mol. The molecule has 1 rings (SSSR count). The number of nitrogens with one attached hydrogen (secondary N) is 1. The summed E-state index contributed by atoms with van der Waals surface area (Å²) < 4.78 is 31.2. The number of benzene rings is 1. The second-order valence-corrected chi connectivity index (χ2v) is 6.26. The van der Waals surface area contributed by atoms with Crippen molar-refractivity contribution in [1.29, 1.82) is 0 Å². The molecule has 0 aliphatic carbocycles. The van der Waals surface area contributed by atoms with Crippen LogP contribution in [-0.2, 0) is 9.53 Å². The molecule has 1 unspecified atom stereocenters. The zero-order chi connectivity index (χ0) is 16.0. The van der Waals surface area contributed by atoms with E-state index in [1.807, 2.05) is 13.8 Å². The number of esters is 1. The third-order valence-electron chi connectivity index (χ3n) is 2.75. The van der Waals surface area contributed by atoms with Gasteiger partial charge >= 0.3 is 5.97 Å². The molecule has 0 aliphatic heterocycles. The van der Waals surface area contributed by atoms with Gasteiger partial charge in [0, 0.05) is 16.7 Å². The quantitative estimate of drug-likeness (QED) is 0.618. The number of hydrogen-bond acceptors (Lipinski definition) is 4. The van der Waals surface area contributed by atoms with Gasteiger partial charge in [0.15, 0.2) is 11.6 Å². The zero-order valence-electron chi connectivity index (χ0n) is 12.7. The summed E-state index contributed by atoms with van der Waals surface area (Å²) in [6.07, 6.45) is 0. The van der Waals surface area contributed by atoms with Gasteiger partial charge in [-0.25, -0.2) is 8.78 Å². The minimum Gasteiger partial charge on any atom is -0.465 e. The number of rotatable bonds is 7. The van der Waals surface area contributed by atoms with Crippen molar-refractivity contribution >= 4 is 17.7 Å². The second kappa shape index (κ2) is 7.75. The van der Waals surface area contributed by atoms with E-state index in [9.17, 15) is 13.6 Å². The highest BCUT2D eigenvalue weighted by atomic mass is 32.2. The fourth-order valence-corrected chi connectivity index (χ4v) is 2.89. The Balaban J connectivity index is 2.81. The van der Waals surface area contributed by atoms with E-state index in [2.05, 4.69) is 5.32 Å². The zero-order valence-corrected chi connectivity index (χ0v) is 13.5. The van der Waals surface area contributed by atoms with E-state index in [1.165, 1.54) is 17.8 Å². The lowest BCUT2D eigenvalue weighted by atomic mass is 10.0. The van der Waals surface area contributed by atoms with Crippen molar-refractivity contribution in [1.82, 2.24) is 5.32 Å². The summed E-state index contributed by atoms with van der Waals surface area (Å²) in [4.78, 5) is 12.7. The third-order valence-corrected chi connectivity index (χ3v) is 4.06. The maximum atomic E-state index is 13.2. The molecule has 0 fully saturated rings. The number of halogens is 2. The normalized spacial score (nSPS) is 14.0. The summed E-state index contributed by atoms with van der Waals surface area (Å²) in [5, 5.41) is 3.17. The average Bonchev–Trinajstić information content (AvgIpc) is 2.39. The first-order valence-electron chi connectivity index (χ1n) is 6.81. The molecule has 6 heteroatoms. The van der Waals surface area contributed by atoms with Crippen LogP contribution in [-0.4, -0.2) is 29.9 Å². The molecule has 0 saturated carbocycles. The molecular formula is C15H21F2NO2S. The first-order valence-corrected chi connectivity index (χ1v) is 7.80. The van der Waals surface area contributed by atoms with E-state index in [4.69, 9.17) is 4.74 Å². The largest absolute Gasteiger partial charge is 0.465 e. The van der Waals surface area contributed by atoms with Gasteiger partial charge < -0.3 is 4.74 Å². The molecule has 0 radical (unpaired) electrons. The Morgan fingerprint density at radius 2 is 2.05 bits per heavy atom. The Kier molecular flexibility index (Phi) is 6.61. The standard InChI is InChI=1S/C15H21F2NO2S/c1-5-20-14(19)15(4,18-10(2)3)9-21-11-6-7-12(16)13(17)8-11/h6-8,10,18H,5,9H2,1-4H3. The summed E-state index contributed by atoms with van der Waals surface area (Å²) in [6.45, 7) is 7.65. The smallest absolute Gasteiger partial charge is 0.326 e. The van der Waals surface area contributed by atoms with Gasteiger partial charge in [-0.3, -0.25) is 10.1 Å². The van der Waals surface area contributed by atoms with Crippen molar-refractivity contribution in [3.8, 4) is 0 Å². The molecule has 118 valence electrons. The van der Waals surface area contributed by atoms with Gasteiger partial charge in [0.25, 0.3) is 0 Å². The van der Waals surface area contributed by atoms with Gasteiger partial charge in [0.2, 0.25) is 0 Å². The molecule has 0 aromatic heterocycles. The predicted molar refractivity (Wildman–Crippen MR) is 80.4 cm³/mol. The molecular weight excluding hydrogens is 296 g/mol. The molecule has 1 atom stereocenters. The van der Waals surface area contributed by atoms with Crippen LogP contribution in [0.2, 0.25) is 0 Å². The molecule has 0 saturated heterocycles. The van der Waals surface area contributed by atoms with Gasteiger partial charge in [-0.05, 0) is 45.9 Å². The first-order chi connectivity index (χ1) is 9.78. The van der Waals surface area contributed by atoms with E-state index in [0.717, 1.165) is 12.1 Å². The van der Waals surface area contributed by atoms with Gasteiger partial charge in [-0.15, -0.1) is 11.8 Å². The summed E-state index contributed by atoms with van der Waals surface area (Å²) in [6, 6.07) is 3.78. The van der Waals surface area contributed by atoms with E-state index < -0.39 is 17.2 Å². The molecule has 0 bridgehead atoms. The van der Waals surface area contributed by atoms with Crippen LogP contribution in [0.4, 0.5) is 8.78 Å². The van der Waals surface area contributed by atoms with Crippen LogP contribution >= 0.6 is 11.8 Å². The monoisotopic (exact) mass is 317 g/mol. The first kappa shape index (κ1) is 17.9. The topological polar surface area (TPSA) is 38.3 Å². The molecule has 0 aliphatic rings. The highest BCUT2D eigenvalue weighted by molar-refractivity contribution is 7.99. The molecule has 1 aromatic carbocycles. The minimum atomic E-state index is -0.894. The lowest BCUT2D eigenvalue weighted by Crippen LogP contribution is -2.55. The molecule has 0 heterocycles. The number of thioether (sulfide) groups is 1. The summed E-state index contributed by atoms with van der Waals surface area (Å²) in [7, 11) is 0. The van der Waals surface area contributed by atoms with Crippen LogP contribution in [0.15, 0.2) is 23.1 Å². The number of hydrogen-bond donors (Lipinski definition) is 1. The Morgan fingerprint density at radius 3 is 2.57 bits per heavy atom. The maximum absolute atomic E-state index is 13.2. The summed E-state index contributed by atoms with van der Waals surface area (Å²) in [5.74, 6) is -1.77. The van der Waals surface area contributed by atoms with Crippen molar-refractivity contribution in [3.63, 3.8) is 0 Å². The van der Waals surface area contributed by atoms with Crippen LogP contribution in [0, 0.1) is 11.6 Å². The van der Waals surface area contributed by atoms with Crippen molar-refractivity contribution < 1.29 is 18.3 Å². The third kappa shape index (κ3) is 5.28. The van der Waals surface area contributed by atoms with Crippen molar-refractivity contribution in [2.24, 2.45) is 0 Å². The minimum absolute atomic E-state index is 0.0879. The maximum Gasteiger partial charge on any atom is 0.326 e. The fourth-order valence-electron chi connectivity index (χ4n) is 1.88. The van der Waals surface area contributed by atoms with Gasteiger partial charge in [-0.1, -0.05) is 0 Å². The second-order valence-electron chi connectivity index (χ2n) is 5.22. The van der Waals surface area contributed by atoms with Gasteiger partial charge in [0.05, 0.1) is 6.61 Å². The molecule has 1 N–H and O–H groups in total. The molecule has 1 aromatic rings. The Hall–Kier alpha value is -1.14. The summed E-state index contributed by atoms with van der Waals surface area (Å²) >= 11 is 1.28. The SMILES string of the molecule is CCOC(=O)C(C)(CSc1ccc(F)c(F)c1)NC(C)C. The Labute approximate surface area is 128 Å². The number of carbonyl (C=O) groups excluding carboxylic acids is 1. The van der Waals surface area contributed by atoms with Crippen LogP contribution in [0.1, 0.15) is 27.7 Å². The van der Waals surface area contributed by atoms with Gasteiger partial charge in [-0.2, -0.15) is 0 Å². The summed E-state index contributed by atoms with van der Waals surface area (Å²) in [5.41, 5.74) is -0.889. The predicted octanol–water partition coefficient (Wildman–Crippen LogP) is 3.38. The van der Waals surface area contributed by atoms with Crippen LogP contribution in [0.5, 0.6) is 0 Å². The molecule has 0 spiro atoms. The van der Waals surface area contributed by atoms with Crippen LogP contribution in [0.25, 0.3) is 0 Å². The number of carbonyl (C=O) groups is 1. The molecule has 21 heavy (non-hydrogen) atoms. The van der Waals surface area contributed by atoms with Gasteiger partial charge in [0.1, 0.15) is 5.54 Å². The van der Waals surface area contributed by atoms with Crippen LogP contribution in [0.3, 0.4) is 0 Å².